The number of hydrogen-bond donors (Lipinski definition) is 2. The van der Waals surface area contributed by atoms with Crippen LogP contribution in [0.1, 0.15) is 26.7 Å². The van der Waals surface area contributed by atoms with Crippen LogP contribution in [0.3, 0.4) is 0 Å². The monoisotopic (exact) mass is 227 g/mol. The third-order valence-electron chi connectivity index (χ3n) is 2.83. The molecule has 16 heavy (non-hydrogen) atoms. The topological polar surface area (TPSA) is 61.4 Å². The van der Waals surface area contributed by atoms with Gasteiger partial charge in [-0.2, -0.15) is 0 Å². The molecular weight excluding hydrogens is 206 g/mol. The zero-order valence-electron chi connectivity index (χ0n) is 10.1. The second-order valence-corrected chi connectivity index (χ2v) is 4.21. The van der Waals surface area contributed by atoms with Gasteiger partial charge in [0.05, 0.1) is 13.1 Å². The zero-order valence-corrected chi connectivity index (χ0v) is 10.1. The average molecular weight is 227 g/mol. The molecule has 0 aromatic carbocycles. The Balaban J connectivity index is 2.36. The van der Waals surface area contributed by atoms with Crippen LogP contribution in [0.2, 0.25) is 0 Å². The van der Waals surface area contributed by atoms with Crippen LogP contribution in [0.25, 0.3) is 0 Å². The molecule has 0 spiro atoms. The van der Waals surface area contributed by atoms with E-state index in [4.69, 9.17) is 0 Å². The van der Waals surface area contributed by atoms with E-state index in [9.17, 15) is 9.59 Å². The summed E-state index contributed by atoms with van der Waals surface area (Å²) in [6.45, 7) is 5.97. The molecule has 1 saturated heterocycles. The molecule has 1 fully saturated rings. The first-order chi connectivity index (χ1) is 7.63. The minimum Gasteiger partial charge on any atom is -0.354 e. The van der Waals surface area contributed by atoms with Gasteiger partial charge in [-0.05, 0) is 19.8 Å². The van der Waals surface area contributed by atoms with E-state index in [1.165, 1.54) is 0 Å². The van der Waals surface area contributed by atoms with E-state index in [0.717, 1.165) is 12.8 Å². The summed E-state index contributed by atoms with van der Waals surface area (Å²) in [6, 6.07) is 0.338. The van der Waals surface area contributed by atoms with Gasteiger partial charge in [-0.1, -0.05) is 6.92 Å². The van der Waals surface area contributed by atoms with Crippen LogP contribution >= 0.6 is 0 Å². The SMILES string of the molecule is CCC(C)NCC(=O)N1CCCNC(=O)C1. The molecule has 0 aliphatic carbocycles. The third kappa shape index (κ3) is 4.18. The van der Waals surface area contributed by atoms with Crippen molar-refractivity contribution in [3.05, 3.63) is 0 Å². The minimum absolute atomic E-state index is 0.0114. The average Bonchev–Trinajstić information content (AvgIpc) is 2.50. The van der Waals surface area contributed by atoms with E-state index in [2.05, 4.69) is 17.6 Å². The molecule has 5 heteroatoms. The van der Waals surface area contributed by atoms with E-state index in [-0.39, 0.29) is 18.4 Å². The zero-order chi connectivity index (χ0) is 12.0. The largest absolute Gasteiger partial charge is 0.354 e. The molecule has 1 atom stereocenters. The molecule has 1 aliphatic heterocycles. The predicted molar refractivity (Wildman–Crippen MR) is 62.0 cm³/mol. The van der Waals surface area contributed by atoms with Gasteiger partial charge in [0, 0.05) is 19.1 Å². The number of nitrogens with one attached hydrogen (secondary N) is 2. The van der Waals surface area contributed by atoms with Crippen LogP contribution in [0, 0.1) is 0 Å². The number of carbonyl (C=O) groups excluding carboxylic acids is 2. The lowest BCUT2D eigenvalue weighted by Crippen LogP contribution is -2.43. The van der Waals surface area contributed by atoms with Crippen molar-refractivity contribution in [2.75, 3.05) is 26.2 Å². The van der Waals surface area contributed by atoms with Crippen LogP contribution in [0.5, 0.6) is 0 Å². The molecule has 0 aromatic heterocycles. The lowest BCUT2D eigenvalue weighted by Gasteiger charge is -2.20. The lowest BCUT2D eigenvalue weighted by molar-refractivity contribution is -0.134. The summed E-state index contributed by atoms with van der Waals surface area (Å²) in [7, 11) is 0. The first kappa shape index (κ1) is 13.0. The van der Waals surface area contributed by atoms with Crippen molar-refractivity contribution in [1.82, 2.24) is 15.5 Å². The van der Waals surface area contributed by atoms with E-state index in [1.807, 2.05) is 6.92 Å². The Morgan fingerprint density at radius 1 is 1.62 bits per heavy atom. The Kier molecular flexibility index (Phi) is 5.25. The number of amides is 2. The van der Waals surface area contributed by atoms with E-state index in [0.29, 0.717) is 25.7 Å². The van der Waals surface area contributed by atoms with Gasteiger partial charge in [-0.3, -0.25) is 9.59 Å². The molecular formula is C11H21N3O2. The van der Waals surface area contributed by atoms with Crippen molar-refractivity contribution in [2.45, 2.75) is 32.7 Å². The summed E-state index contributed by atoms with van der Waals surface area (Å²) in [5.41, 5.74) is 0. The predicted octanol–water partition coefficient (Wildman–Crippen LogP) is -0.277. The maximum Gasteiger partial charge on any atom is 0.239 e. The fraction of sp³-hybridized carbons (Fsp3) is 0.818. The van der Waals surface area contributed by atoms with Gasteiger partial charge in [0.1, 0.15) is 0 Å². The Labute approximate surface area is 96.6 Å². The second-order valence-electron chi connectivity index (χ2n) is 4.21. The number of nitrogens with zero attached hydrogens (tertiary/aromatic N) is 1. The second kappa shape index (κ2) is 6.48. The molecule has 0 radical (unpaired) electrons. The number of rotatable bonds is 4. The van der Waals surface area contributed by atoms with Crippen LogP contribution in [0.15, 0.2) is 0 Å². The normalized spacial score (nSPS) is 18.9. The van der Waals surface area contributed by atoms with Crippen molar-refractivity contribution in [1.29, 1.82) is 0 Å². The van der Waals surface area contributed by atoms with Gasteiger partial charge in [0.15, 0.2) is 0 Å². The molecule has 1 unspecified atom stereocenters. The summed E-state index contributed by atoms with van der Waals surface area (Å²) >= 11 is 0. The van der Waals surface area contributed by atoms with E-state index >= 15 is 0 Å². The molecule has 0 aromatic rings. The molecule has 1 aliphatic rings. The molecule has 5 nitrogen and oxygen atoms in total. The fourth-order valence-electron chi connectivity index (χ4n) is 1.54. The van der Waals surface area contributed by atoms with Crippen LogP contribution in [-0.4, -0.2) is 48.9 Å². The summed E-state index contributed by atoms with van der Waals surface area (Å²) in [6.07, 6.45) is 1.83. The summed E-state index contributed by atoms with van der Waals surface area (Å²) in [5, 5.41) is 5.89. The molecule has 2 N–H and O–H groups in total. The molecule has 0 bridgehead atoms. The van der Waals surface area contributed by atoms with Crippen molar-refractivity contribution < 1.29 is 9.59 Å². The smallest absolute Gasteiger partial charge is 0.239 e. The number of carbonyl (C=O) groups is 2. The Morgan fingerprint density at radius 2 is 2.38 bits per heavy atom. The maximum absolute atomic E-state index is 11.8. The highest BCUT2D eigenvalue weighted by Crippen LogP contribution is 1.97. The molecule has 2 amide bonds. The first-order valence-corrected chi connectivity index (χ1v) is 5.91. The summed E-state index contributed by atoms with van der Waals surface area (Å²) in [5.74, 6) is -0.0493. The van der Waals surface area contributed by atoms with Crippen LogP contribution in [-0.2, 0) is 9.59 Å². The molecule has 1 heterocycles. The number of hydrogen-bond acceptors (Lipinski definition) is 3. The third-order valence-corrected chi connectivity index (χ3v) is 2.83. The summed E-state index contributed by atoms with van der Waals surface area (Å²) in [4.78, 5) is 24.7. The van der Waals surface area contributed by atoms with Gasteiger partial charge in [0.25, 0.3) is 0 Å². The molecule has 1 rings (SSSR count). The molecule has 0 saturated carbocycles. The highest BCUT2D eigenvalue weighted by Gasteiger charge is 2.19. The van der Waals surface area contributed by atoms with Crippen LogP contribution < -0.4 is 10.6 Å². The minimum atomic E-state index is -0.0608. The van der Waals surface area contributed by atoms with E-state index < -0.39 is 0 Å². The first-order valence-electron chi connectivity index (χ1n) is 5.91. The Morgan fingerprint density at radius 3 is 3.06 bits per heavy atom. The van der Waals surface area contributed by atoms with Gasteiger partial charge >= 0.3 is 0 Å². The Bertz CT molecular complexity index is 256. The fourth-order valence-corrected chi connectivity index (χ4v) is 1.54. The van der Waals surface area contributed by atoms with Gasteiger partial charge in [-0.25, -0.2) is 0 Å². The van der Waals surface area contributed by atoms with Crippen molar-refractivity contribution in [3.8, 4) is 0 Å². The molecule has 92 valence electrons. The summed E-state index contributed by atoms with van der Waals surface area (Å²) < 4.78 is 0. The van der Waals surface area contributed by atoms with Crippen molar-refractivity contribution >= 4 is 11.8 Å². The highest BCUT2D eigenvalue weighted by atomic mass is 16.2. The standard InChI is InChI=1S/C11H21N3O2/c1-3-9(2)13-7-11(16)14-6-4-5-12-10(15)8-14/h9,13H,3-8H2,1-2H3,(H,12,15). The van der Waals surface area contributed by atoms with Crippen LogP contribution in [0.4, 0.5) is 0 Å². The van der Waals surface area contributed by atoms with Gasteiger partial charge < -0.3 is 15.5 Å². The Hall–Kier alpha value is -1.10. The lowest BCUT2D eigenvalue weighted by atomic mass is 10.2. The van der Waals surface area contributed by atoms with Crippen molar-refractivity contribution in [2.24, 2.45) is 0 Å². The van der Waals surface area contributed by atoms with Gasteiger partial charge in [-0.15, -0.1) is 0 Å². The highest BCUT2D eigenvalue weighted by molar-refractivity contribution is 5.86. The quantitative estimate of drug-likeness (QED) is 0.694. The van der Waals surface area contributed by atoms with E-state index in [1.54, 1.807) is 4.90 Å². The van der Waals surface area contributed by atoms with Gasteiger partial charge in [0.2, 0.25) is 11.8 Å². The van der Waals surface area contributed by atoms with Crippen molar-refractivity contribution in [3.63, 3.8) is 0 Å². The maximum atomic E-state index is 11.8.